The van der Waals surface area contributed by atoms with Crippen LogP contribution in [0.25, 0.3) is 0 Å². The Morgan fingerprint density at radius 3 is 2.62 bits per heavy atom. The summed E-state index contributed by atoms with van der Waals surface area (Å²) >= 11 is 0. The first-order valence-electron chi connectivity index (χ1n) is 6.63. The van der Waals surface area contributed by atoms with Crippen molar-refractivity contribution in [3.8, 4) is 5.75 Å². The summed E-state index contributed by atoms with van der Waals surface area (Å²) in [6.45, 7) is 2.49. The SMILES string of the molecule is CCN/C(C(=O)c1ccc(OC)cc1)=C1/C=NC=CC1=N. The second-order valence-corrected chi connectivity index (χ2v) is 4.38. The molecule has 21 heavy (non-hydrogen) atoms. The van der Waals surface area contributed by atoms with Crippen LogP contribution < -0.4 is 10.1 Å². The van der Waals surface area contributed by atoms with Gasteiger partial charge in [-0.15, -0.1) is 0 Å². The normalized spacial score (nSPS) is 15.8. The number of benzene rings is 1. The zero-order valence-electron chi connectivity index (χ0n) is 12.0. The third-order valence-electron chi connectivity index (χ3n) is 3.02. The lowest BCUT2D eigenvalue weighted by atomic mass is 10.0. The zero-order chi connectivity index (χ0) is 15.2. The minimum Gasteiger partial charge on any atom is -0.497 e. The van der Waals surface area contributed by atoms with Crippen molar-refractivity contribution in [3.05, 3.63) is 53.4 Å². The highest BCUT2D eigenvalue weighted by Gasteiger charge is 2.18. The Labute approximate surface area is 123 Å². The molecule has 1 heterocycles. The molecule has 1 aliphatic rings. The van der Waals surface area contributed by atoms with Crippen LogP contribution in [-0.4, -0.2) is 31.4 Å². The molecule has 0 spiro atoms. The highest BCUT2D eigenvalue weighted by molar-refractivity contribution is 6.27. The molecule has 2 N–H and O–H groups in total. The van der Waals surface area contributed by atoms with Gasteiger partial charge in [0.15, 0.2) is 0 Å². The Morgan fingerprint density at radius 2 is 2.05 bits per heavy atom. The minimum atomic E-state index is -0.166. The van der Waals surface area contributed by atoms with Gasteiger partial charge in [0.25, 0.3) is 0 Å². The topological polar surface area (TPSA) is 74.5 Å². The number of allylic oxidation sites excluding steroid dienone is 3. The number of hydrogen-bond donors (Lipinski definition) is 2. The zero-order valence-corrected chi connectivity index (χ0v) is 12.0. The molecule has 1 aromatic carbocycles. The molecule has 0 saturated carbocycles. The molecular formula is C16H17N3O2. The number of methoxy groups -OCH3 is 1. The average Bonchev–Trinajstić information content (AvgIpc) is 2.53. The lowest BCUT2D eigenvalue weighted by molar-refractivity contribution is 0.102. The first kappa shape index (κ1) is 14.7. The quantitative estimate of drug-likeness (QED) is 0.643. The van der Waals surface area contributed by atoms with Crippen molar-refractivity contribution in [2.75, 3.05) is 13.7 Å². The van der Waals surface area contributed by atoms with Gasteiger partial charge in [-0.1, -0.05) is 0 Å². The number of nitrogens with one attached hydrogen (secondary N) is 2. The third kappa shape index (κ3) is 3.25. The molecule has 2 rings (SSSR count). The van der Waals surface area contributed by atoms with Crippen LogP contribution in [0, 0.1) is 5.41 Å². The van der Waals surface area contributed by atoms with E-state index >= 15 is 0 Å². The summed E-state index contributed by atoms with van der Waals surface area (Å²) in [6.07, 6.45) is 4.63. The molecule has 5 heteroatoms. The smallest absolute Gasteiger partial charge is 0.209 e. The molecular weight excluding hydrogens is 266 g/mol. The van der Waals surface area contributed by atoms with E-state index in [1.54, 1.807) is 37.5 Å². The van der Waals surface area contributed by atoms with E-state index in [0.29, 0.717) is 29.1 Å². The van der Waals surface area contributed by atoms with Crippen LogP contribution in [-0.2, 0) is 0 Å². The van der Waals surface area contributed by atoms with Crippen molar-refractivity contribution in [3.63, 3.8) is 0 Å². The van der Waals surface area contributed by atoms with E-state index in [9.17, 15) is 4.79 Å². The molecule has 0 atom stereocenters. The summed E-state index contributed by atoms with van der Waals surface area (Å²) in [7, 11) is 1.58. The van der Waals surface area contributed by atoms with Gasteiger partial charge in [0.2, 0.25) is 5.78 Å². The third-order valence-corrected chi connectivity index (χ3v) is 3.02. The molecule has 0 radical (unpaired) electrons. The van der Waals surface area contributed by atoms with Crippen molar-refractivity contribution in [2.45, 2.75) is 6.92 Å². The van der Waals surface area contributed by atoms with Crippen molar-refractivity contribution in [2.24, 2.45) is 4.99 Å². The van der Waals surface area contributed by atoms with E-state index in [4.69, 9.17) is 10.1 Å². The monoisotopic (exact) mass is 283 g/mol. The fourth-order valence-electron chi connectivity index (χ4n) is 1.96. The number of carbonyl (C=O) groups excluding carboxylic acids is 1. The van der Waals surface area contributed by atoms with Gasteiger partial charge in [-0.05, 0) is 37.3 Å². The van der Waals surface area contributed by atoms with Gasteiger partial charge >= 0.3 is 0 Å². The summed E-state index contributed by atoms with van der Waals surface area (Å²) < 4.78 is 5.09. The van der Waals surface area contributed by atoms with Crippen LogP contribution >= 0.6 is 0 Å². The Bertz CT molecular complexity index is 640. The number of Topliss-reactive ketones (excluding diaryl/α,β-unsaturated/α-hetero) is 1. The molecule has 0 fully saturated rings. The van der Waals surface area contributed by atoms with Crippen LogP contribution in [0.4, 0.5) is 0 Å². The molecule has 1 aliphatic heterocycles. The maximum Gasteiger partial charge on any atom is 0.209 e. The van der Waals surface area contributed by atoms with Crippen molar-refractivity contribution in [1.29, 1.82) is 5.41 Å². The van der Waals surface area contributed by atoms with E-state index in [0.717, 1.165) is 0 Å². The molecule has 0 aliphatic carbocycles. The lowest BCUT2D eigenvalue weighted by Crippen LogP contribution is -2.25. The fraction of sp³-hybridized carbons (Fsp3) is 0.188. The number of ketones is 1. The van der Waals surface area contributed by atoms with Gasteiger partial charge in [0.1, 0.15) is 5.75 Å². The lowest BCUT2D eigenvalue weighted by Gasteiger charge is -2.14. The number of aliphatic imine (C=N–C) groups is 1. The summed E-state index contributed by atoms with van der Waals surface area (Å²) in [5, 5.41) is 11.0. The predicted octanol–water partition coefficient (Wildman–Crippen LogP) is 2.36. The number of ether oxygens (including phenoxy) is 1. The van der Waals surface area contributed by atoms with Crippen molar-refractivity contribution < 1.29 is 9.53 Å². The summed E-state index contributed by atoms with van der Waals surface area (Å²) in [5.74, 6) is 0.528. The highest BCUT2D eigenvalue weighted by Crippen LogP contribution is 2.16. The standard InChI is InChI=1S/C16H17N3O2/c1-3-19-15(13-10-18-9-8-14(13)17)16(20)11-4-6-12(21-2)7-5-11/h4-10,17,19H,3H2,1-2H3/b15-13-,17-14?. The Kier molecular flexibility index (Phi) is 4.66. The Balaban J connectivity index is 2.39. The Morgan fingerprint density at radius 1 is 1.33 bits per heavy atom. The summed E-state index contributed by atoms with van der Waals surface area (Å²) in [5.41, 5.74) is 1.69. The van der Waals surface area contributed by atoms with E-state index in [-0.39, 0.29) is 11.5 Å². The van der Waals surface area contributed by atoms with E-state index in [2.05, 4.69) is 10.3 Å². The van der Waals surface area contributed by atoms with Crippen LogP contribution in [0.5, 0.6) is 5.75 Å². The first-order valence-corrected chi connectivity index (χ1v) is 6.63. The van der Waals surface area contributed by atoms with Crippen LogP contribution in [0.2, 0.25) is 0 Å². The average molecular weight is 283 g/mol. The van der Waals surface area contributed by atoms with Gasteiger partial charge < -0.3 is 15.5 Å². The van der Waals surface area contributed by atoms with Crippen molar-refractivity contribution >= 4 is 17.7 Å². The predicted molar refractivity (Wildman–Crippen MR) is 83.4 cm³/mol. The van der Waals surface area contributed by atoms with E-state index in [1.165, 1.54) is 12.4 Å². The maximum absolute atomic E-state index is 12.6. The van der Waals surface area contributed by atoms with Crippen LogP contribution in [0.1, 0.15) is 17.3 Å². The first-order chi connectivity index (χ1) is 10.2. The molecule has 5 nitrogen and oxygen atoms in total. The molecule has 108 valence electrons. The fourth-order valence-corrected chi connectivity index (χ4v) is 1.96. The molecule has 0 saturated heterocycles. The van der Waals surface area contributed by atoms with Gasteiger partial charge in [0, 0.05) is 30.1 Å². The summed E-state index contributed by atoms with van der Waals surface area (Å²) in [6, 6.07) is 6.89. The van der Waals surface area contributed by atoms with Crippen molar-refractivity contribution in [1.82, 2.24) is 5.32 Å². The number of carbonyl (C=O) groups is 1. The van der Waals surface area contributed by atoms with Gasteiger partial charge in [-0.3, -0.25) is 9.79 Å². The van der Waals surface area contributed by atoms with Gasteiger partial charge in [0.05, 0.1) is 18.5 Å². The van der Waals surface area contributed by atoms with Gasteiger partial charge in [-0.2, -0.15) is 0 Å². The number of rotatable bonds is 5. The minimum absolute atomic E-state index is 0.166. The molecule has 0 aromatic heterocycles. The Hall–Kier alpha value is -2.69. The second-order valence-electron chi connectivity index (χ2n) is 4.38. The number of nitrogens with zero attached hydrogens (tertiary/aromatic N) is 1. The van der Waals surface area contributed by atoms with E-state index < -0.39 is 0 Å². The summed E-state index contributed by atoms with van der Waals surface area (Å²) in [4.78, 5) is 16.6. The van der Waals surface area contributed by atoms with Crippen LogP contribution in [0.3, 0.4) is 0 Å². The molecule has 1 aromatic rings. The molecule has 0 bridgehead atoms. The maximum atomic E-state index is 12.6. The molecule has 0 amide bonds. The number of likely N-dealkylation sites (N-methyl/N-ethyl adjacent to an activating group) is 1. The van der Waals surface area contributed by atoms with Crippen LogP contribution in [0.15, 0.2) is 52.8 Å². The highest BCUT2D eigenvalue weighted by atomic mass is 16.5. The number of hydrogen-bond acceptors (Lipinski definition) is 5. The van der Waals surface area contributed by atoms with Gasteiger partial charge in [-0.25, -0.2) is 0 Å². The largest absolute Gasteiger partial charge is 0.497 e. The van der Waals surface area contributed by atoms with E-state index in [1.807, 2.05) is 6.92 Å². The second kappa shape index (κ2) is 6.65. The molecule has 0 unspecified atom stereocenters.